The van der Waals surface area contributed by atoms with E-state index in [2.05, 4.69) is 15.6 Å². The molecule has 9 nitrogen and oxygen atoms in total. The highest BCUT2D eigenvalue weighted by molar-refractivity contribution is 6.03. The van der Waals surface area contributed by atoms with E-state index in [-0.39, 0.29) is 35.6 Å². The van der Waals surface area contributed by atoms with Gasteiger partial charge >= 0.3 is 0 Å². The molecule has 164 valence electrons. The number of aromatic nitrogens is 2. The van der Waals surface area contributed by atoms with Gasteiger partial charge in [0.2, 0.25) is 11.8 Å². The van der Waals surface area contributed by atoms with Gasteiger partial charge in [0.1, 0.15) is 24.1 Å². The quantitative estimate of drug-likeness (QED) is 0.643. The number of hydrogen-bond donors (Lipinski definition) is 3. The van der Waals surface area contributed by atoms with Gasteiger partial charge < -0.3 is 25.8 Å². The van der Waals surface area contributed by atoms with Crippen LogP contribution in [0.2, 0.25) is 0 Å². The highest BCUT2D eigenvalue weighted by atomic mass is 16.2. The normalized spacial score (nSPS) is 17.8. The van der Waals surface area contributed by atoms with Crippen molar-refractivity contribution in [2.24, 2.45) is 5.92 Å². The zero-order valence-electron chi connectivity index (χ0n) is 18.1. The van der Waals surface area contributed by atoms with Crippen LogP contribution in [-0.2, 0) is 22.7 Å². The fourth-order valence-corrected chi connectivity index (χ4v) is 4.02. The molecule has 3 heterocycles. The molecule has 2 aromatic rings. The fourth-order valence-electron chi connectivity index (χ4n) is 4.02. The van der Waals surface area contributed by atoms with Crippen molar-refractivity contribution in [1.82, 2.24) is 14.9 Å². The summed E-state index contributed by atoms with van der Waals surface area (Å²) in [6.07, 6.45) is 3.12. The molecule has 0 spiro atoms. The van der Waals surface area contributed by atoms with E-state index in [1.165, 1.54) is 4.57 Å². The van der Waals surface area contributed by atoms with Gasteiger partial charge in [-0.2, -0.15) is 0 Å². The van der Waals surface area contributed by atoms with Gasteiger partial charge in [-0.05, 0) is 43.9 Å². The number of pyridine rings is 2. The number of nitrogens with two attached hydrogens (primary N) is 1. The van der Waals surface area contributed by atoms with Crippen LogP contribution in [0.25, 0.3) is 0 Å². The Balaban J connectivity index is 1.50. The lowest BCUT2D eigenvalue weighted by Gasteiger charge is -2.35. The maximum absolute atomic E-state index is 13.1. The summed E-state index contributed by atoms with van der Waals surface area (Å²) in [5.41, 5.74) is 8.48. The number of amides is 2. The number of aryl methyl sites for hydroxylation is 2. The monoisotopic (exact) mass is 424 g/mol. The van der Waals surface area contributed by atoms with Crippen LogP contribution in [0.4, 0.5) is 17.2 Å². The Labute approximate surface area is 180 Å². The first kappa shape index (κ1) is 20.9. The van der Waals surface area contributed by atoms with E-state index in [0.717, 1.165) is 30.5 Å². The number of anilines is 3. The molecule has 2 aromatic heterocycles. The van der Waals surface area contributed by atoms with Gasteiger partial charge in [0, 0.05) is 25.0 Å². The van der Waals surface area contributed by atoms with Gasteiger partial charge in [-0.25, -0.2) is 4.98 Å². The van der Waals surface area contributed by atoms with Crippen molar-refractivity contribution in [1.29, 1.82) is 0 Å². The molecule has 4 N–H and O–H groups in total. The smallest absolute Gasteiger partial charge is 0.277 e. The van der Waals surface area contributed by atoms with E-state index in [4.69, 9.17) is 5.73 Å². The van der Waals surface area contributed by atoms with E-state index in [1.54, 1.807) is 13.0 Å². The molecule has 0 aromatic carbocycles. The highest BCUT2D eigenvalue weighted by Crippen LogP contribution is 2.38. The Hall–Kier alpha value is -3.36. The number of nitrogen functional groups attached to an aromatic ring is 1. The molecule has 1 fully saturated rings. The molecule has 0 saturated heterocycles. The molecular formula is C22H28N6O3. The Bertz CT molecular complexity index is 1110. The minimum atomic E-state index is -0.374. The molecule has 2 amide bonds. The van der Waals surface area contributed by atoms with Gasteiger partial charge in [-0.15, -0.1) is 0 Å². The Morgan fingerprint density at radius 1 is 1.29 bits per heavy atom. The number of rotatable bonds is 6. The summed E-state index contributed by atoms with van der Waals surface area (Å²) in [5, 5.41) is 5.61. The molecule has 1 aliphatic heterocycles. The zero-order chi connectivity index (χ0) is 22.3. The van der Waals surface area contributed by atoms with Crippen molar-refractivity contribution in [3.8, 4) is 0 Å². The summed E-state index contributed by atoms with van der Waals surface area (Å²) in [6.45, 7) is 3.78. The summed E-state index contributed by atoms with van der Waals surface area (Å²) in [4.78, 5) is 44.3. The van der Waals surface area contributed by atoms with Gasteiger partial charge in [-0.1, -0.05) is 18.9 Å². The average Bonchev–Trinajstić information content (AvgIpc) is 3.53. The van der Waals surface area contributed by atoms with Crippen LogP contribution < -0.4 is 26.8 Å². The number of hydrogen-bond acceptors (Lipinski definition) is 6. The van der Waals surface area contributed by atoms with E-state index >= 15 is 0 Å². The molecular weight excluding hydrogens is 396 g/mol. The largest absolute Gasteiger partial charge is 0.384 e. The molecule has 2 aliphatic rings. The predicted molar refractivity (Wildman–Crippen MR) is 119 cm³/mol. The SMILES string of the molecule is Cc1nc(N)ccc1CNC(=O)Cn1c(C)cc2c(c1=O)NC(=O)C(CC1CC1)N2C. The second-order valence-electron chi connectivity index (χ2n) is 8.49. The van der Waals surface area contributed by atoms with Crippen LogP contribution in [0.1, 0.15) is 36.2 Å². The van der Waals surface area contributed by atoms with Gasteiger partial charge in [-0.3, -0.25) is 14.4 Å². The van der Waals surface area contributed by atoms with Crippen molar-refractivity contribution in [3.05, 3.63) is 45.5 Å². The zero-order valence-corrected chi connectivity index (χ0v) is 18.1. The molecule has 4 rings (SSSR count). The molecule has 1 aliphatic carbocycles. The third-order valence-corrected chi connectivity index (χ3v) is 6.13. The van der Waals surface area contributed by atoms with Crippen molar-refractivity contribution >= 4 is 29.0 Å². The number of likely N-dealkylation sites (N-methyl/N-ethyl adjacent to an activating group) is 1. The van der Waals surface area contributed by atoms with Crippen LogP contribution in [-0.4, -0.2) is 34.5 Å². The molecule has 9 heteroatoms. The Morgan fingerprint density at radius 3 is 2.71 bits per heavy atom. The molecule has 0 bridgehead atoms. The Morgan fingerprint density at radius 2 is 2.03 bits per heavy atom. The van der Waals surface area contributed by atoms with Crippen molar-refractivity contribution in [2.45, 2.75) is 52.2 Å². The molecule has 31 heavy (non-hydrogen) atoms. The number of nitrogens with one attached hydrogen (secondary N) is 2. The van der Waals surface area contributed by atoms with Crippen LogP contribution in [0.3, 0.4) is 0 Å². The maximum Gasteiger partial charge on any atom is 0.277 e. The predicted octanol–water partition coefficient (Wildman–Crippen LogP) is 1.32. The third kappa shape index (κ3) is 4.26. The highest BCUT2D eigenvalue weighted by Gasteiger charge is 2.37. The summed E-state index contributed by atoms with van der Waals surface area (Å²) < 4.78 is 1.39. The summed E-state index contributed by atoms with van der Waals surface area (Å²) in [5.74, 6) is 0.550. The van der Waals surface area contributed by atoms with E-state index in [1.807, 2.05) is 31.0 Å². The number of carbonyl (C=O) groups is 2. The Kier molecular flexibility index (Phi) is 5.43. The standard InChI is InChI=1S/C22H28N6O3/c1-12-8-16-20(26-21(30)17(27(16)3)9-14-4-5-14)22(31)28(12)11-19(29)24-10-15-6-7-18(23)25-13(15)2/h6-8,14,17H,4-5,9-11H2,1-3H3,(H2,23,25)(H,24,29)(H,26,30). The average molecular weight is 425 g/mol. The fraction of sp³-hybridized carbons (Fsp3) is 0.455. The third-order valence-electron chi connectivity index (χ3n) is 6.13. The molecule has 0 radical (unpaired) electrons. The van der Waals surface area contributed by atoms with Gasteiger partial charge in [0.25, 0.3) is 5.56 Å². The lowest BCUT2D eigenvalue weighted by atomic mass is 10.0. The van der Waals surface area contributed by atoms with Crippen LogP contribution in [0.5, 0.6) is 0 Å². The minimum absolute atomic E-state index is 0.134. The summed E-state index contributed by atoms with van der Waals surface area (Å²) in [6, 6.07) is 5.09. The minimum Gasteiger partial charge on any atom is -0.384 e. The van der Waals surface area contributed by atoms with Gasteiger partial charge in [0.05, 0.1) is 5.69 Å². The molecule has 1 saturated carbocycles. The lowest BCUT2D eigenvalue weighted by molar-refractivity contribution is -0.122. The van der Waals surface area contributed by atoms with Gasteiger partial charge in [0.15, 0.2) is 0 Å². The lowest BCUT2D eigenvalue weighted by Crippen LogP contribution is -2.49. The second-order valence-corrected chi connectivity index (χ2v) is 8.49. The van der Waals surface area contributed by atoms with E-state index < -0.39 is 0 Å². The summed E-state index contributed by atoms with van der Waals surface area (Å²) >= 11 is 0. The number of carbonyl (C=O) groups excluding carboxylic acids is 2. The van der Waals surface area contributed by atoms with Crippen molar-refractivity contribution < 1.29 is 9.59 Å². The topological polar surface area (TPSA) is 122 Å². The van der Waals surface area contributed by atoms with Crippen molar-refractivity contribution in [2.75, 3.05) is 23.0 Å². The number of nitrogens with zero attached hydrogens (tertiary/aromatic N) is 3. The first-order chi connectivity index (χ1) is 14.7. The van der Waals surface area contributed by atoms with Crippen LogP contribution in [0.15, 0.2) is 23.0 Å². The second kappa shape index (κ2) is 8.05. The molecule has 1 atom stereocenters. The number of fused-ring (bicyclic) bond motifs is 1. The maximum atomic E-state index is 13.1. The molecule has 1 unspecified atom stereocenters. The summed E-state index contributed by atoms with van der Waals surface area (Å²) in [7, 11) is 1.85. The van der Waals surface area contributed by atoms with E-state index in [9.17, 15) is 14.4 Å². The first-order valence-electron chi connectivity index (χ1n) is 10.5. The van der Waals surface area contributed by atoms with E-state index in [0.29, 0.717) is 29.7 Å². The van der Waals surface area contributed by atoms with Crippen molar-refractivity contribution in [3.63, 3.8) is 0 Å². The van der Waals surface area contributed by atoms with Crippen LogP contribution in [0, 0.1) is 19.8 Å². The van der Waals surface area contributed by atoms with Crippen LogP contribution >= 0.6 is 0 Å². The first-order valence-corrected chi connectivity index (χ1v) is 10.5.